The number of benzene rings is 1. The molecule has 0 saturated heterocycles. The lowest BCUT2D eigenvalue weighted by atomic mass is 10.2. The van der Waals surface area contributed by atoms with Crippen LogP contribution in [0.5, 0.6) is 0 Å². The van der Waals surface area contributed by atoms with Crippen LogP contribution in [0.3, 0.4) is 0 Å². The third-order valence-corrected chi connectivity index (χ3v) is 5.00. The third-order valence-electron chi connectivity index (χ3n) is 3.40. The number of hydrogen-bond donors (Lipinski definition) is 2. The molecule has 27 heavy (non-hydrogen) atoms. The molecule has 0 saturated carbocycles. The maximum Gasteiger partial charge on any atom is 0.229 e. The van der Waals surface area contributed by atoms with Crippen LogP contribution in [0.2, 0.25) is 0 Å². The number of sulfonamides is 1. The zero-order chi connectivity index (χ0) is 19.4. The molecule has 3 rings (SSSR count). The average Bonchev–Trinajstić information content (AvgIpc) is 3.23. The number of nitrogens with one attached hydrogen (secondary N) is 1. The Morgan fingerprint density at radius 3 is 2.59 bits per heavy atom. The number of furan rings is 1. The molecule has 142 valence electrons. The van der Waals surface area contributed by atoms with E-state index in [1.54, 1.807) is 36.6 Å². The normalized spacial score (nSPS) is 11.4. The van der Waals surface area contributed by atoms with Crippen LogP contribution in [-0.4, -0.2) is 41.1 Å². The zero-order valence-corrected chi connectivity index (χ0v) is 16.0. The quantitative estimate of drug-likeness (QED) is 0.541. The topological polar surface area (TPSA) is 133 Å². The lowest BCUT2D eigenvalue weighted by Crippen LogP contribution is -2.14. The molecule has 0 radical (unpaired) electrons. The van der Waals surface area contributed by atoms with Crippen molar-refractivity contribution in [3.05, 3.63) is 48.4 Å². The first-order valence-electron chi connectivity index (χ1n) is 7.77. The van der Waals surface area contributed by atoms with Crippen molar-refractivity contribution in [2.45, 2.75) is 11.7 Å². The van der Waals surface area contributed by atoms with E-state index in [0.29, 0.717) is 29.0 Å². The van der Waals surface area contributed by atoms with Crippen molar-refractivity contribution < 1.29 is 17.6 Å². The highest BCUT2D eigenvalue weighted by atomic mass is 32.2. The van der Waals surface area contributed by atoms with Gasteiger partial charge in [0.15, 0.2) is 11.0 Å². The van der Waals surface area contributed by atoms with Gasteiger partial charge in [-0.3, -0.25) is 14.1 Å². The van der Waals surface area contributed by atoms with E-state index in [2.05, 4.69) is 14.9 Å². The first-order valence-corrected chi connectivity index (χ1v) is 10.6. The summed E-state index contributed by atoms with van der Waals surface area (Å²) in [5, 5.41) is 8.88. The van der Waals surface area contributed by atoms with Crippen LogP contribution in [-0.2, 0) is 21.4 Å². The molecule has 2 heterocycles. The Labute approximate surface area is 160 Å². The van der Waals surface area contributed by atoms with Crippen molar-refractivity contribution in [2.75, 3.05) is 16.7 Å². The van der Waals surface area contributed by atoms with Crippen molar-refractivity contribution in [1.82, 2.24) is 14.8 Å². The van der Waals surface area contributed by atoms with Crippen molar-refractivity contribution in [2.24, 2.45) is 5.73 Å². The fourth-order valence-corrected chi connectivity index (χ4v) is 3.59. The third kappa shape index (κ3) is 5.11. The molecule has 0 fully saturated rings. The average molecular weight is 407 g/mol. The van der Waals surface area contributed by atoms with Crippen LogP contribution in [0.25, 0.3) is 11.4 Å². The minimum atomic E-state index is -3.35. The summed E-state index contributed by atoms with van der Waals surface area (Å²) in [6.45, 7) is 0.375. The Morgan fingerprint density at radius 1 is 1.26 bits per heavy atom. The first-order chi connectivity index (χ1) is 12.8. The van der Waals surface area contributed by atoms with Crippen molar-refractivity contribution in [1.29, 1.82) is 0 Å². The molecule has 3 aromatic rings. The predicted molar refractivity (Wildman–Crippen MR) is 102 cm³/mol. The van der Waals surface area contributed by atoms with Gasteiger partial charge in [-0.05, 0) is 36.4 Å². The number of hydrogen-bond acceptors (Lipinski definition) is 7. The van der Waals surface area contributed by atoms with E-state index in [0.717, 1.165) is 11.8 Å². The summed E-state index contributed by atoms with van der Waals surface area (Å²) in [5.74, 6) is 0.884. The SMILES string of the molecule is CS(=O)(=O)Nc1ccc(-c2nnc(SCC(N)=O)n2Cc2ccco2)cc1. The zero-order valence-electron chi connectivity index (χ0n) is 14.3. The molecule has 2 aromatic heterocycles. The summed E-state index contributed by atoms with van der Waals surface area (Å²) in [6.07, 6.45) is 2.66. The minimum Gasteiger partial charge on any atom is -0.467 e. The number of anilines is 1. The molecule has 9 nitrogen and oxygen atoms in total. The molecule has 0 aliphatic rings. The number of aromatic nitrogens is 3. The number of nitrogens with two attached hydrogens (primary N) is 1. The fraction of sp³-hybridized carbons (Fsp3) is 0.188. The van der Waals surface area contributed by atoms with Gasteiger partial charge >= 0.3 is 0 Å². The lowest BCUT2D eigenvalue weighted by Gasteiger charge is -2.09. The van der Waals surface area contributed by atoms with Gasteiger partial charge in [0.05, 0.1) is 24.8 Å². The van der Waals surface area contributed by atoms with E-state index in [1.807, 2.05) is 10.6 Å². The highest BCUT2D eigenvalue weighted by Crippen LogP contribution is 2.26. The summed E-state index contributed by atoms with van der Waals surface area (Å²) < 4.78 is 32.3. The summed E-state index contributed by atoms with van der Waals surface area (Å²) in [7, 11) is -3.35. The number of primary amides is 1. The molecule has 0 aliphatic heterocycles. The van der Waals surface area contributed by atoms with E-state index in [1.165, 1.54) is 11.8 Å². The van der Waals surface area contributed by atoms with Crippen LogP contribution < -0.4 is 10.5 Å². The Hall–Kier alpha value is -2.79. The highest BCUT2D eigenvalue weighted by molar-refractivity contribution is 7.99. The molecule has 0 atom stereocenters. The molecule has 0 unspecified atom stereocenters. The highest BCUT2D eigenvalue weighted by Gasteiger charge is 2.16. The smallest absolute Gasteiger partial charge is 0.229 e. The van der Waals surface area contributed by atoms with E-state index in [9.17, 15) is 13.2 Å². The van der Waals surface area contributed by atoms with Gasteiger partial charge in [0.2, 0.25) is 15.9 Å². The molecule has 0 spiro atoms. The van der Waals surface area contributed by atoms with Crippen LogP contribution in [0.15, 0.2) is 52.2 Å². The van der Waals surface area contributed by atoms with Gasteiger partial charge < -0.3 is 10.2 Å². The number of nitrogens with zero attached hydrogens (tertiary/aromatic N) is 3. The second-order valence-corrected chi connectivity index (χ2v) is 8.37. The summed E-state index contributed by atoms with van der Waals surface area (Å²) in [4.78, 5) is 11.1. The first kappa shape index (κ1) is 19.0. The minimum absolute atomic E-state index is 0.0769. The molecule has 11 heteroatoms. The molecule has 1 amide bonds. The van der Waals surface area contributed by atoms with E-state index in [4.69, 9.17) is 10.2 Å². The maximum absolute atomic E-state index is 11.3. The van der Waals surface area contributed by atoms with E-state index in [-0.39, 0.29) is 5.75 Å². The Bertz CT molecular complexity index is 1030. The number of rotatable bonds is 8. The summed E-state index contributed by atoms with van der Waals surface area (Å²) >= 11 is 1.19. The molecular weight excluding hydrogens is 390 g/mol. The maximum atomic E-state index is 11.3. The van der Waals surface area contributed by atoms with Gasteiger partial charge in [-0.2, -0.15) is 0 Å². The van der Waals surface area contributed by atoms with Gasteiger partial charge in [-0.15, -0.1) is 10.2 Å². The Balaban J connectivity index is 1.92. The molecular formula is C16H17N5O4S2. The van der Waals surface area contributed by atoms with Crippen molar-refractivity contribution >= 4 is 33.4 Å². The van der Waals surface area contributed by atoms with E-state index < -0.39 is 15.9 Å². The number of amides is 1. The predicted octanol–water partition coefficient (Wildman–Crippen LogP) is 1.54. The number of carbonyl (C=O) groups excluding carboxylic acids is 1. The van der Waals surface area contributed by atoms with Gasteiger partial charge in [-0.1, -0.05) is 11.8 Å². The van der Waals surface area contributed by atoms with Gasteiger partial charge in [0.1, 0.15) is 5.76 Å². The number of thioether (sulfide) groups is 1. The lowest BCUT2D eigenvalue weighted by molar-refractivity contribution is -0.115. The van der Waals surface area contributed by atoms with Crippen molar-refractivity contribution in [3.8, 4) is 11.4 Å². The van der Waals surface area contributed by atoms with Crippen LogP contribution >= 0.6 is 11.8 Å². The molecule has 3 N–H and O–H groups in total. The molecule has 1 aromatic carbocycles. The molecule has 0 aliphatic carbocycles. The largest absolute Gasteiger partial charge is 0.467 e. The summed E-state index contributed by atoms with van der Waals surface area (Å²) in [6, 6.07) is 10.3. The van der Waals surface area contributed by atoms with Crippen LogP contribution in [0.1, 0.15) is 5.76 Å². The van der Waals surface area contributed by atoms with Gasteiger partial charge in [0.25, 0.3) is 0 Å². The molecule has 0 bridgehead atoms. The summed E-state index contributed by atoms with van der Waals surface area (Å²) in [5.41, 5.74) is 6.40. The van der Waals surface area contributed by atoms with E-state index >= 15 is 0 Å². The Kier molecular flexibility index (Phi) is 5.51. The van der Waals surface area contributed by atoms with Gasteiger partial charge in [0, 0.05) is 11.3 Å². The Morgan fingerprint density at radius 2 is 2.00 bits per heavy atom. The fourth-order valence-electron chi connectivity index (χ4n) is 2.35. The van der Waals surface area contributed by atoms with Crippen LogP contribution in [0, 0.1) is 0 Å². The van der Waals surface area contributed by atoms with Gasteiger partial charge in [-0.25, -0.2) is 8.42 Å². The second-order valence-electron chi connectivity index (χ2n) is 5.68. The second kappa shape index (κ2) is 7.84. The van der Waals surface area contributed by atoms with Crippen LogP contribution in [0.4, 0.5) is 5.69 Å². The monoisotopic (exact) mass is 407 g/mol. The number of carbonyl (C=O) groups is 1. The van der Waals surface area contributed by atoms with Crippen molar-refractivity contribution in [3.63, 3.8) is 0 Å². The standard InChI is InChI=1S/C16H17N5O4S2/c1-27(23,24)20-12-6-4-11(5-7-12)15-18-19-16(26-10-14(17)22)21(15)9-13-3-2-8-25-13/h2-8,20H,9-10H2,1H3,(H2,17,22).